The lowest BCUT2D eigenvalue weighted by atomic mass is 10.3. The molecule has 0 amide bonds. The Morgan fingerprint density at radius 2 is 2.05 bits per heavy atom. The van der Waals surface area contributed by atoms with E-state index in [-0.39, 0.29) is 5.88 Å². The second kappa shape index (κ2) is 7.72. The van der Waals surface area contributed by atoms with Crippen LogP contribution >= 0.6 is 11.6 Å². The predicted molar refractivity (Wildman–Crippen MR) is 80.2 cm³/mol. The van der Waals surface area contributed by atoms with E-state index in [1.165, 1.54) is 0 Å². The summed E-state index contributed by atoms with van der Waals surface area (Å²) in [5.74, 6) is 1.01. The number of alkyl halides is 1. The Kier molecular flexibility index (Phi) is 5.65. The van der Waals surface area contributed by atoms with Crippen LogP contribution in [0.5, 0.6) is 5.75 Å². The van der Waals surface area contributed by atoms with Gasteiger partial charge in [-0.3, -0.25) is 4.98 Å². The van der Waals surface area contributed by atoms with Gasteiger partial charge in [0.15, 0.2) is 0 Å². The van der Waals surface area contributed by atoms with Crippen molar-refractivity contribution >= 4 is 17.3 Å². The Morgan fingerprint density at radius 3 is 2.70 bits per heavy atom. The van der Waals surface area contributed by atoms with Crippen LogP contribution in [-0.2, 0) is 6.61 Å². The molecule has 0 saturated carbocycles. The van der Waals surface area contributed by atoms with Crippen molar-refractivity contribution in [3.05, 3.63) is 54.4 Å². The minimum atomic E-state index is -0.543. The van der Waals surface area contributed by atoms with Crippen LogP contribution in [0.3, 0.4) is 0 Å². The third-order valence-electron chi connectivity index (χ3n) is 2.70. The van der Waals surface area contributed by atoms with E-state index in [1.54, 1.807) is 12.4 Å². The summed E-state index contributed by atoms with van der Waals surface area (Å²) in [5.41, 5.74) is 1.95. The van der Waals surface area contributed by atoms with Crippen LogP contribution in [0.25, 0.3) is 0 Å². The molecule has 0 radical (unpaired) electrons. The van der Waals surface area contributed by atoms with Crippen molar-refractivity contribution in [2.45, 2.75) is 12.7 Å². The number of hydrogen-bond acceptors (Lipinski definition) is 4. The van der Waals surface area contributed by atoms with Crippen LogP contribution in [0.2, 0.25) is 0 Å². The summed E-state index contributed by atoms with van der Waals surface area (Å²) in [6, 6.07) is 11.4. The van der Waals surface area contributed by atoms with Gasteiger partial charge in [0.1, 0.15) is 12.4 Å². The van der Waals surface area contributed by atoms with Gasteiger partial charge >= 0.3 is 0 Å². The molecule has 1 unspecified atom stereocenters. The van der Waals surface area contributed by atoms with Gasteiger partial charge in [-0.05, 0) is 30.3 Å². The molecule has 1 heterocycles. The van der Waals surface area contributed by atoms with Crippen molar-refractivity contribution < 1.29 is 9.84 Å². The first-order valence-corrected chi connectivity index (χ1v) is 6.91. The van der Waals surface area contributed by atoms with Gasteiger partial charge in [-0.15, -0.1) is 11.6 Å². The summed E-state index contributed by atoms with van der Waals surface area (Å²) < 4.78 is 5.66. The van der Waals surface area contributed by atoms with Crippen molar-refractivity contribution in [1.82, 2.24) is 4.98 Å². The van der Waals surface area contributed by atoms with Gasteiger partial charge < -0.3 is 15.2 Å². The van der Waals surface area contributed by atoms with Crippen molar-refractivity contribution in [2.24, 2.45) is 0 Å². The van der Waals surface area contributed by atoms with E-state index in [2.05, 4.69) is 10.3 Å². The number of halogens is 1. The van der Waals surface area contributed by atoms with E-state index in [4.69, 9.17) is 16.3 Å². The molecule has 0 spiro atoms. The molecule has 1 aromatic carbocycles. The zero-order valence-corrected chi connectivity index (χ0v) is 11.8. The molecule has 2 aromatic rings. The Bertz CT molecular complexity index is 505. The molecule has 0 aliphatic rings. The lowest BCUT2D eigenvalue weighted by molar-refractivity contribution is 0.211. The molecule has 20 heavy (non-hydrogen) atoms. The first kappa shape index (κ1) is 14.6. The smallest absolute Gasteiger partial charge is 0.119 e. The number of benzene rings is 1. The lowest BCUT2D eigenvalue weighted by Crippen LogP contribution is -2.20. The maximum absolute atomic E-state index is 9.36. The molecule has 5 heteroatoms. The largest absolute Gasteiger partial charge is 0.489 e. The van der Waals surface area contributed by atoms with Crippen LogP contribution in [0.1, 0.15) is 5.56 Å². The molecule has 0 saturated heterocycles. The Hall–Kier alpha value is -1.78. The number of anilines is 1. The average molecular weight is 293 g/mol. The minimum absolute atomic E-state index is 0.222. The monoisotopic (exact) mass is 292 g/mol. The number of aliphatic hydroxyl groups excluding tert-OH is 1. The van der Waals surface area contributed by atoms with Gasteiger partial charge in [0.2, 0.25) is 0 Å². The van der Waals surface area contributed by atoms with Crippen LogP contribution in [0, 0.1) is 0 Å². The van der Waals surface area contributed by atoms with E-state index in [9.17, 15) is 5.11 Å². The number of aliphatic hydroxyl groups is 1. The quantitative estimate of drug-likeness (QED) is 0.771. The number of nitrogens with zero attached hydrogens (tertiary/aromatic N) is 1. The maximum atomic E-state index is 9.36. The van der Waals surface area contributed by atoms with Crippen LogP contribution < -0.4 is 10.1 Å². The summed E-state index contributed by atoms with van der Waals surface area (Å²) in [6.45, 7) is 0.922. The fourth-order valence-corrected chi connectivity index (χ4v) is 1.72. The van der Waals surface area contributed by atoms with Gasteiger partial charge in [0.05, 0.1) is 12.0 Å². The molecular weight excluding hydrogens is 276 g/mol. The van der Waals surface area contributed by atoms with Crippen molar-refractivity contribution in [3.63, 3.8) is 0 Å². The second-order valence-electron chi connectivity index (χ2n) is 4.36. The van der Waals surface area contributed by atoms with Crippen LogP contribution in [-0.4, -0.2) is 28.6 Å². The molecule has 0 aliphatic carbocycles. The Balaban J connectivity index is 1.82. The highest BCUT2D eigenvalue weighted by Crippen LogP contribution is 2.17. The van der Waals surface area contributed by atoms with Gasteiger partial charge in [0.25, 0.3) is 0 Å². The topological polar surface area (TPSA) is 54.4 Å². The summed E-state index contributed by atoms with van der Waals surface area (Å²) in [6.07, 6.45) is 2.97. The standard InChI is InChI=1S/C15H17ClN2O2/c16-8-14(19)10-18-13-3-5-15(6-4-13)20-11-12-2-1-7-17-9-12/h1-7,9,14,18-19H,8,10-11H2. The van der Waals surface area contributed by atoms with Crippen LogP contribution in [0.4, 0.5) is 5.69 Å². The Labute approximate surface area is 123 Å². The number of rotatable bonds is 7. The molecule has 106 valence electrons. The highest BCUT2D eigenvalue weighted by atomic mass is 35.5. The van der Waals surface area contributed by atoms with E-state index in [1.807, 2.05) is 36.4 Å². The van der Waals surface area contributed by atoms with Crippen molar-refractivity contribution in [3.8, 4) is 5.75 Å². The second-order valence-corrected chi connectivity index (χ2v) is 4.67. The van der Waals surface area contributed by atoms with Gasteiger partial charge in [-0.2, -0.15) is 0 Å². The first-order chi connectivity index (χ1) is 9.78. The molecule has 4 nitrogen and oxygen atoms in total. The predicted octanol–water partition coefficient (Wildman–Crippen LogP) is 2.67. The summed E-state index contributed by atoms with van der Waals surface area (Å²) >= 11 is 5.53. The molecule has 2 N–H and O–H groups in total. The number of ether oxygens (including phenoxy) is 1. The maximum Gasteiger partial charge on any atom is 0.119 e. The van der Waals surface area contributed by atoms with Gasteiger partial charge in [-0.25, -0.2) is 0 Å². The molecule has 0 aliphatic heterocycles. The van der Waals surface area contributed by atoms with Gasteiger partial charge in [0, 0.05) is 30.2 Å². The lowest BCUT2D eigenvalue weighted by Gasteiger charge is -2.11. The van der Waals surface area contributed by atoms with E-state index >= 15 is 0 Å². The highest BCUT2D eigenvalue weighted by Gasteiger charge is 2.01. The third kappa shape index (κ3) is 4.72. The summed E-state index contributed by atoms with van der Waals surface area (Å²) in [7, 11) is 0. The highest BCUT2D eigenvalue weighted by molar-refractivity contribution is 6.18. The fourth-order valence-electron chi connectivity index (χ4n) is 1.61. The van der Waals surface area contributed by atoms with Crippen molar-refractivity contribution in [2.75, 3.05) is 17.7 Å². The number of nitrogens with one attached hydrogen (secondary N) is 1. The van der Waals surface area contributed by atoms with Crippen molar-refractivity contribution in [1.29, 1.82) is 0 Å². The van der Waals surface area contributed by atoms with Crippen LogP contribution in [0.15, 0.2) is 48.8 Å². The fraction of sp³-hybridized carbons (Fsp3) is 0.267. The first-order valence-electron chi connectivity index (χ1n) is 6.37. The molecule has 0 fully saturated rings. The molecule has 1 aromatic heterocycles. The van der Waals surface area contributed by atoms with E-state index < -0.39 is 6.10 Å². The van der Waals surface area contributed by atoms with E-state index in [0.717, 1.165) is 17.0 Å². The summed E-state index contributed by atoms with van der Waals surface area (Å²) in [4.78, 5) is 4.04. The average Bonchev–Trinajstić information content (AvgIpc) is 2.52. The SMILES string of the molecule is OC(CCl)CNc1ccc(OCc2cccnc2)cc1. The summed E-state index contributed by atoms with van der Waals surface area (Å²) in [5, 5.41) is 12.5. The zero-order chi connectivity index (χ0) is 14.2. The Morgan fingerprint density at radius 1 is 1.25 bits per heavy atom. The zero-order valence-electron chi connectivity index (χ0n) is 11.0. The molecular formula is C15H17ClN2O2. The van der Waals surface area contributed by atoms with E-state index in [0.29, 0.717) is 13.2 Å². The third-order valence-corrected chi connectivity index (χ3v) is 3.06. The number of pyridine rings is 1. The number of aromatic nitrogens is 1. The molecule has 1 atom stereocenters. The van der Waals surface area contributed by atoms with Gasteiger partial charge in [-0.1, -0.05) is 6.07 Å². The molecule has 2 rings (SSSR count). The minimum Gasteiger partial charge on any atom is -0.489 e. The normalized spacial score (nSPS) is 11.9. The number of hydrogen-bond donors (Lipinski definition) is 2. The molecule has 0 bridgehead atoms.